The third-order valence-corrected chi connectivity index (χ3v) is 2.66. The van der Waals surface area contributed by atoms with Crippen LogP contribution < -0.4 is 0 Å². The lowest BCUT2D eigenvalue weighted by Crippen LogP contribution is -2.13. The number of alkyl halides is 6. The van der Waals surface area contributed by atoms with Crippen molar-refractivity contribution in [2.45, 2.75) is 38.0 Å². The molecule has 0 nitrogen and oxygen atoms in total. The molecule has 1 aromatic carbocycles. The number of rotatable bonds is 3. The fourth-order valence-electron chi connectivity index (χ4n) is 1.72. The van der Waals surface area contributed by atoms with Gasteiger partial charge in [0.15, 0.2) is 0 Å². The Morgan fingerprint density at radius 2 is 1.56 bits per heavy atom. The molecule has 1 atom stereocenters. The molecule has 0 bridgehead atoms. The predicted molar refractivity (Wildman–Crippen MR) is 55.1 cm³/mol. The monoisotopic (exact) mass is 270 g/mol. The smallest absolute Gasteiger partial charge is 0.171 e. The van der Waals surface area contributed by atoms with Gasteiger partial charge in [-0.3, -0.25) is 0 Å². The first-order chi connectivity index (χ1) is 8.11. The topological polar surface area (TPSA) is 0 Å². The Morgan fingerprint density at radius 1 is 1.00 bits per heavy atom. The van der Waals surface area contributed by atoms with E-state index in [-0.39, 0.29) is 12.0 Å². The Hall–Kier alpha value is -1.20. The average molecular weight is 270 g/mol. The van der Waals surface area contributed by atoms with Crippen LogP contribution in [-0.4, -0.2) is 6.18 Å². The van der Waals surface area contributed by atoms with Gasteiger partial charge in [-0.1, -0.05) is 25.1 Å². The summed E-state index contributed by atoms with van der Waals surface area (Å²) in [4.78, 5) is 0. The summed E-state index contributed by atoms with van der Waals surface area (Å²) in [6.45, 7) is 1.37. The van der Waals surface area contributed by atoms with Crippen molar-refractivity contribution in [1.29, 1.82) is 0 Å². The highest BCUT2D eigenvalue weighted by Crippen LogP contribution is 2.37. The largest absolute Gasteiger partial charge is 0.416 e. The van der Waals surface area contributed by atoms with Crippen LogP contribution in [0.25, 0.3) is 0 Å². The molecule has 18 heavy (non-hydrogen) atoms. The number of benzene rings is 1. The first-order valence-corrected chi connectivity index (χ1v) is 5.34. The van der Waals surface area contributed by atoms with Gasteiger partial charge in [0.25, 0.3) is 0 Å². The first-order valence-electron chi connectivity index (χ1n) is 5.34. The maximum Gasteiger partial charge on any atom is 0.416 e. The van der Waals surface area contributed by atoms with Crippen molar-refractivity contribution in [3.05, 3.63) is 35.4 Å². The van der Waals surface area contributed by atoms with Crippen LogP contribution in [0.2, 0.25) is 0 Å². The van der Waals surface area contributed by atoms with Gasteiger partial charge in [0.1, 0.15) is 0 Å². The molecule has 0 aliphatic carbocycles. The summed E-state index contributed by atoms with van der Waals surface area (Å²) in [5, 5.41) is 0. The van der Waals surface area contributed by atoms with E-state index in [4.69, 9.17) is 0 Å². The van der Waals surface area contributed by atoms with Gasteiger partial charge in [0.2, 0.25) is 0 Å². The maximum absolute atomic E-state index is 12.7. The predicted octanol–water partition coefficient (Wildman–Crippen LogP) is 5.15. The summed E-state index contributed by atoms with van der Waals surface area (Å²) >= 11 is 0. The average Bonchev–Trinajstić information content (AvgIpc) is 2.24. The lowest BCUT2D eigenvalue weighted by Gasteiger charge is -2.18. The van der Waals surface area contributed by atoms with Gasteiger partial charge in [-0.25, -0.2) is 0 Å². The fraction of sp³-hybridized carbons (Fsp3) is 0.500. The van der Waals surface area contributed by atoms with Crippen LogP contribution in [0.5, 0.6) is 0 Å². The molecule has 0 spiro atoms. The van der Waals surface area contributed by atoms with Crippen molar-refractivity contribution < 1.29 is 26.3 Å². The highest BCUT2D eigenvalue weighted by atomic mass is 19.4. The van der Waals surface area contributed by atoms with Crippen LogP contribution in [0.1, 0.15) is 36.8 Å². The Bertz CT molecular complexity index is 390. The lowest BCUT2D eigenvalue weighted by molar-refractivity contribution is -0.139. The molecule has 102 valence electrons. The summed E-state index contributed by atoms with van der Waals surface area (Å²) < 4.78 is 74.1. The van der Waals surface area contributed by atoms with Crippen LogP contribution in [0.15, 0.2) is 24.3 Å². The van der Waals surface area contributed by atoms with Gasteiger partial charge in [0.05, 0.1) is 5.56 Å². The molecule has 0 fully saturated rings. The van der Waals surface area contributed by atoms with Gasteiger partial charge < -0.3 is 0 Å². The van der Waals surface area contributed by atoms with Crippen LogP contribution in [0.4, 0.5) is 26.3 Å². The minimum atomic E-state index is -4.54. The van der Waals surface area contributed by atoms with Crippen LogP contribution >= 0.6 is 0 Å². The molecule has 1 rings (SSSR count). The van der Waals surface area contributed by atoms with Crippen molar-refractivity contribution in [3.8, 4) is 0 Å². The summed E-state index contributed by atoms with van der Waals surface area (Å²) in [5.74, 6) is -0.788. The minimum Gasteiger partial charge on any atom is -0.171 e. The van der Waals surface area contributed by atoms with Crippen molar-refractivity contribution in [1.82, 2.24) is 0 Å². The van der Waals surface area contributed by atoms with Crippen LogP contribution in [-0.2, 0) is 6.18 Å². The molecule has 0 aromatic heterocycles. The van der Waals surface area contributed by atoms with E-state index in [0.717, 1.165) is 6.07 Å². The molecule has 0 radical (unpaired) electrons. The number of halogens is 6. The molecule has 0 saturated carbocycles. The molecule has 1 unspecified atom stereocenters. The van der Waals surface area contributed by atoms with E-state index < -0.39 is 30.3 Å². The fourth-order valence-corrected chi connectivity index (χ4v) is 1.72. The van der Waals surface area contributed by atoms with E-state index in [1.165, 1.54) is 25.1 Å². The SMILES string of the molecule is CC(CCC(F)(F)F)c1ccccc1C(F)(F)F. The Morgan fingerprint density at radius 3 is 2.06 bits per heavy atom. The van der Waals surface area contributed by atoms with E-state index in [0.29, 0.717) is 0 Å². The normalized spacial score (nSPS) is 14.6. The van der Waals surface area contributed by atoms with Gasteiger partial charge in [-0.15, -0.1) is 0 Å². The third kappa shape index (κ3) is 4.23. The quantitative estimate of drug-likeness (QED) is 0.666. The van der Waals surface area contributed by atoms with E-state index in [1.807, 2.05) is 0 Å². The molecular weight excluding hydrogens is 258 g/mol. The van der Waals surface area contributed by atoms with Crippen molar-refractivity contribution >= 4 is 0 Å². The summed E-state index contributed by atoms with van der Waals surface area (Å²) in [7, 11) is 0. The number of hydrogen-bond donors (Lipinski definition) is 0. The molecule has 0 aliphatic heterocycles. The van der Waals surface area contributed by atoms with Crippen LogP contribution in [0.3, 0.4) is 0 Å². The van der Waals surface area contributed by atoms with Crippen molar-refractivity contribution in [2.24, 2.45) is 0 Å². The molecule has 0 saturated heterocycles. The maximum atomic E-state index is 12.7. The summed E-state index contributed by atoms with van der Waals surface area (Å²) in [6, 6.07) is 4.74. The molecule has 6 heteroatoms. The highest BCUT2D eigenvalue weighted by Gasteiger charge is 2.35. The standard InChI is InChI=1S/C12H12F6/c1-8(6-7-11(13,14)15)9-4-2-3-5-10(9)12(16,17)18/h2-5,8H,6-7H2,1H3. The highest BCUT2D eigenvalue weighted by molar-refractivity contribution is 5.32. The summed E-state index contributed by atoms with van der Waals surface area (Å²) in [6.07, 6.45) is -10.3. The molecule has 0 N–H and O–H groups in total. The second kappa shape index (κ2) is 5.20. The third-order valence-electron chi connectivity index (χ3n) is 2.66. The Labute approximate surface area is 101 Å². The van der Waals surface area contributed by atoms with E-state index in [9.17, 15) is 26.3 Å². The number of hydrogen-bond acceptors (Lipinski definition) is 0. The Balaban J connectivity index is 2.89. The van der Waals surface area contributed by atoms with E-state index in [2.05, 4.69) is 0 Å². The summed E-state index contributed by atoms with van der Waals surface area (Å²) in [5.41, 5.74) is -0.950. The molecule has 0 aliphatic rings. The molecular formula is C12H12F6. The molecule has 1 aromatic rings. The molecule has 0 amide bonds. The minimum absolute atomic E-state index is 0.0887. The van der Waals surface area contributed by atoms with Gasteiger partial charge in [-0.05, 0) is 24.0 Å². The molecule has 0 heterocycles. The zero-order valence-corrected chi connectivity index (χ0v) is 9.57. The van der Waals surface area contributed by atoms with Crippen molar-refractivity contribution in [3.63, 3.8) is 0 Å². The van der Waals surface area contributed by atoms with Crippen molar-refractivity contribution in [2.75, 3.05) is 0 Å². The van der Waals surface area contributed by atoms with Gasteiger partial charge in [-0.2, -0.15) is 26.3 Å². The van der Waals surface area contributed by atoms with Gasteiger partial charge >= 0.3 is 12.4 Å². The lowest BCUT2D eigenvalue weighted by atomic mass is 9.91. The first kappa shape index (κ1) is 14.9. The van der Waals surface area contributed by atoms with E-state index in [1.54, 1.807) is 0 Å². The van der Waals surface area contributed by atoms with Gasteiger partial charge in [0, 0.05) is 6.42 Å². The zero-order chi connectivity index (χ0) is 14.0. The second-order valence-electron chi connectivity index (χ2n) is 4.14. The van der Waals surface area contributed by atoms with E-state index >= 15 is 0 Å². The second-order valence-corrected chi connectivity index (χ2v) is 4.14. The zero-order valence-electron chi connectivity index (χ0n) is 9.57. The van der Waals surface area contributed by atoms with Crippen LogP contribution in [0, 0.1) is 0 Å². The Kier molecular flexibility index (Phi) is 4.29.